The van der Waals surface area contributed by atoms with Gasteiger partial charge in [0.15, 0.2) is 6.10 Å². The van der Waals surface area contributed by atoms with E-state index in [-0.39, 0.29) is 31.1 Å². The van der Waals surface area contributed by atoms with Crippen molar-refractivity contribution in [1.82, 2.24) is 0 Å². The zero-order valence-electron chi connectivity index (χ0n) is 55.0. The lowest BCUT2D eigenvalue weighted by Gasteiger charge is -2.18. The van der Waals surface area contributed by atoms with Crippen LogP contribution < -0.4 is 0 Å². The molecule has 0 aliphatic carbocycles. The van der Waals surface area contributed by atoms with Crippen molar-refractivity contribution in [3.63, 3.8) is 0 Å². The van der Waals surface area contributed by atoms with E-state index in [1.165, 1.54) is 257 Å². The van der Waals surface area contributed by atoms with E-state index in [0.29, 0.717) is 19.3 Å². The molecule has 0 bridgehead atoms. The highest BCUT2D eigenvalue weighted by Crippen LogP contribution is 2.18. The maximum atomic E-state index is 13.0. The monoisotopic (exact) mass is 1150 g/mol. The number of esters is 3. The lowest BCUT2D eigenvalue weighted by Crippen LogP contribution is -2.30. The Bertz CT molecular complexity index is 1460. The van der Waals surface area contributed by atoms with Gasteiger partial charge < -0.3 is 14.2 Å². The van der Waals surface area contributed by atoms with Crippen LogP contribution in [0.3, 0.4) is 0 Å². The number of carbonyl (C=O) groups excluding carboxylic acids is 3. The van der Waals surface area contributed by atoms with Crippen LogP contribution in [0.15, 0.2) is 60.8 Å². The third-order valence-corrected chi connectivity index (χ3v) is 16.3. The van der Waals surface area contributed by atoms with Crippen LogP contribution in [0.4, 0.5) is 0 Å². The SMILES string of the molecule is CC/C=C\C/C=C\C/C=C\C/C=C\CCCCCCCCCCCCCCCCC(=O)OCC(COC(=O)CCCCCCC/C=C\CCCCCCCC)OC(=O)CCCCCCCCCCCCCCCCCCCCCCCC. The van der Waals surface area contributed by atoms with E-state index in [1.807, 2.05) is 0 Å². The third kappa shape index (κ3) is 67.9. The molecule has 0 aliphatic heterocycles. The van der Waals surface area contributed by atoms with Gasteiger partial charge in [-0.15, -0.1) is 0 Å². The van der Waals surface area contributed by atoms with Crippen LogP contribution in [0.1, 0.15) is 387 Å². The summed E-state index contributed by atoms with van der Waals surface area (Å²) in [4.78, 5) is 38.5. The molecule has 0 heterocycles. The first-order valence-electron chi connectivity index (χ1n) is 36.3. The number of hydrogen-bond acceptors (Lipinski definition) is 6. The number of unbranched alkanes of at least 4 members (excludes halogenated alkanes) is 46. The third-order valence-electron chi connectivity index (χ3n) is 16.3. The molecule has 478 valence electrons. The van der Waals surface area contributed by atoms with Gasteiger partial charge >= 0.3 is 17.9 Å². The van der Waals surface area contributed by atoms with Crippen LogP contribution in [-0.2, 0) is 28.6 Å². The van der Waals surface area contributed by atoms with Gasteiger partial charge in [-0.1, -0.05) is 345 Å². The van der Waals surface area contributed by atoms with Crippen LogP contribution in [-0.4, -0.2) is 37.2 Å². The van der Waals surface area contributed by atoms with Crippen molar-refractivity contribution < 1.29 is 28.6 Å². The molecule has 0 aromatic heterocycles. The summed E-state index contributed by atoms with van der Waals surface area (Å²) in [6, 6.07) is 0. The largest absolute Gasteiger partial charge is 0.462 e. The molecule has 0 spiro atoms. The molecule has 1 atom stereocenters. The van der Waals surface area contributed by atoms with Gasteiger partial charge in [-0.3, -0.25) is 14.4 Å². The highest BCUT2D eigenvalue weighted by molar-refractivity contribution is 5.71. The number of hydrogen-bond donors (Lipinski definition) is 0. The van der Waals surface area contributed by atoms with E-state index >= 15 is 0 Å². The zero-order chi connectivity index (χ0) is 59.2. The standard InChI is InChI=1S/C76H138O6/c1-4-7-10-13-16-19-22-25-28-30-32-34-36-37-38-39-40-42-43-45-48-51-54-57-60-63-66-69-75(78)81-72-73(71-80-74(77)68-65-62-59-56-53-50-47-27-24-21-18-15-12-9-6-3)82-76(79)70-67-64-61-58-55-52-49-46-44-41-35-33-31-29-26-23-20-17-14-11-8-5-2/h7,10,16,19,25,27-28,32,34,47,73H,4-6,8-9,11-15,17-18,20-24,26,29-31,33,35-46,48-72H2,1-3H3/b10-7-,19-16-,28-25-,34-32-,47-27-. The normalized spacial score (nSPS) is 12.4. The van der Waals surface area contributed by atoms with E-state index in [2.05, 4.69) is 81.5 Å². The number of carbonyl (C=O) groups is 3. The fourth-order valence-corrected chi connectivity index (χ4v) is 10.8. The van der Waals surface area contributed by atoms with Crippen molar-refractivity contribution >= 4 is 17.9 Å². The van der Waals surface area contributed by atoms with E-state index in [0.717, 1.165) is 89.9 Å². The van der Waals surface area contributed by atoms with Crippen molar-refractivity contribution in [2.75, 3.05) is 13.2 Å². The van der Waals surface area contributed by atoms with Gasteiger partial charge in [-0.05, 0) is 83.5 Å². The molecule has 82 heavy (non-hydrogen) atoms. The predicted molar refractivity (Wildman–Crippen MR) is 358 cm³/mol. The van der Waals surface area contributed by atoms with E-state index in [4.69, 9.17) is 14.2 Å². The average Bonchev–Trinajstić information content (AvgIpc) is 3.47. The fourth-order valence-electron chi connectivity index (χ4n) is 10.8. The highest BCUT2D eigenvalue weighted by atomic mass is 16.6. The number of allylic oxidation sites excluding steroid dienone is 10. The van der Waals surface area contributed by atoms with Crippen LogP contribution in [0.5, 0.6) is 0 Å². The second kappa shape index (κ2) is 70.6. The van der Waals surface area contributed by atoms with Crippen LogP contribution in [0.2, 0.25) is 0 Å². The van der Waals surface area contributed by atoms with E-state index in [1.54, 1.807) is 0 Å². The molecule has 0 saturated heterocycles. The minimum Gasteiger partial charge on any atom is -0.462 e. The summed E-state index contributed by atoms with van der Waals surface area (Å²) in [5, 5.41) is 0. The van der Waals surface area contributed by atoms with E-state index < -0.39 is 6.10 Å². The van der Waals surface area contributed by atoms with Gasteiger partial charge in [0, 0.05) is 19.3 Å². The average molecular weight is 1150 g/mol. The van der Waals surface area contributed by atoms with Crippen LogP contribution in [0.25, 0.3) is 0 Å². The molecule has 0 fully saturated rings. The summed E-state index contributed by atoms with van der Waals surface area (Å²) in [6.45, 7) is 6.59. The first kappa shape index (κ1) is 79.1. The zero-order valence-corrected chi connectivity index (χ0v) is 55.0. The molecular weight excluding hydrogens is 1010 g/mol. The smallest absolute Gasteiger partial charge is 0.306 e. The lowest BCUT2D eigenvalue weighted by molar-refractivity contribution is -0.167. The summed E-state index contributed by atoms with van der Waals surface area (Å²) in [5.41, 5.74) is 0. The molecule has 0 saturated carbocycles. The summed E-state index contributed by atoms with van der Waals surface area (Å²) in [5.74, 6) is -0.853. The van der Waals surface area contributed by atoms with Crippen molar-refractivity contribution in [2.24, 2.45) is 0 Å². The van der Waals surface area contributed by atoms with Crippen molar-refractivity contribution in [1.29, 1.82) is 0 Å². The van der Waals surface area contributed by atoms with Gasteiger partial charge in [0.25, 0.3) is 0 Å². The molecular formula is C76H138O6. The maximum absolute atomic E-state index is 13.0. The van der Waals surface area contributed by atoms with Gasteiger partial charge in [0.1, 0.15) is 13.2 Å². The van der Waals surface area contributed by atoms with Gasteiger partial charge in [-0.2, -0.15) is 0 Å². The number of ether oxygens (including phenoxy) is 3. The van der Waals surface area contributed by atoms with Crippen molar-refractivity contribution in [3.8, 4) is 0 Å². The first-order valence-corrected chi connectivity index (χ1v) is 36.3. The Morgan fingerprint density at radius 2 is 0.476 bits per heavy atom. The molecule has 0 rings (SSSR count). The topological polar surface area (TPSA) is 78.9 Å². The molecule has 0 aliphatic rings. The lowest BCUT2D eigenvalue weighted by atomic mass is 10.0. The fraction of sp³-hybridized carbons (Fsp3) is 0.829. The minimum atomic E-state index is -0.777. The summed E-state index contributed by atoms with van der Waals surface area (Å²) in [7, 11) is 0. The van der Waals surface area contributed by atoms with Gasteiger partial charge in [0.05, 0.1) is 0 Å². The first-order chi connectivity index (χ1) is 40.5. The Balaban J connectivity index is 4.26. The maximum Gasteiger partial charge on any atom is 0.306 e. The summed E-state index contributed by atoms with van der Waals surface area (Å²) in [6.07, 6.45) is 91.1. The highest BCUT2D eigenvalue weighted by Gasteiger charge is 2.19. The quantitative estimate of drug-likeness (QED) is 0.0261. The molecule has 0 aromatic carbocycles. The van der Waals surface area contributed by atoms with Crippen molar-refractivity contribution in [2.45, 2.75) is 393 Å². The number of rotatable bonds is 67. The minimum absolute atomic E-state index is 0.0721. The predicted octanol–water partition coefficient (Wildman–Crippen LogP) is 25.1. The molecule has 1 unspecified atom stereocenters. The van der Waals surface area contributed by atoms with Crippen LogP contribution in [0, 0.1) is 0 Å². The Morgan fingerprint density at radius 1 is 0.256 bits per heavy atom. The Labute approximate surface area is 510 Å². The van der Waals surface area contributed by atoms with Crippen molar-refractivity contribution in [3.05, 3.63) is 60.8 Å². The molecule has 6 nitrogen and oxygen atoms in total. The Morgan fingerprint density at radius 3 is 0.756 bits per heavy atom. The molecule has 0 N–H and O–H groups in total. The summed E-state index contributed by atoms with van der Waals surface area (Å²) >= 11 is 0. The second-order valence-corrected chi connectivity index (χ2v) is 24.5. The molecule has 0 amide bonds. The molecule has 0 aromatic rings. The summed E-state index contributed by atoms with van der Waals surface area (Å²) < 4.78 is 17.0. The Kier molecular flexibility index (Phi) is 68.1. The molecule has 0 radical (unpaired) electrons. The van der Waals surface area contributed by atoms with E-state index in [9.17, 15) is 14.4 Å². The van der Waals surface area contributed by atoms with Crippen LogP contribution >= 0.6 is 0 Å². The Hall–Kier alpha value is -2.89. The van der Waals surface area contributed by atoms with Gasteiger partial charge in [0.2, 0.25) is 0 Å². The second-order valence-electron chi connectivity index (χ2n) is 24.5. The molecule has 6 heteroatoms. The van der Waals surface area contributed by atoms with Gasteiger partial charge in [-0.25, -0.2) is 0 Å².